The average Bonchev–Trinajstić information content (AvgIpc) is 3.11. The molecule has 0 radical (unpaired) electrons. The Morgan fingerprint density at radius 2 is 2.23 bits per heavy atom. The van der Waals surface area contributed by atoms with Gasteiger partial charge in [-0.25, -0.2) is 4.98 Å². The Kier molecular flexibility index (Phi) is 5.53. The number of halogens is 2. The van der Waals surface area contributed by atoms with Crippen molar-refractivity contribution in [3.63, 3.8) is 0 Å². The van der Waals surface area contributed by atoms with Crippen molar-refractivity contribution in [1.82, 2.24) is 14.8 Å². The lowest BCUT2D eigenvalue weighted by atomic mass is 10.1. The number of rotatable bonds is 5. The van der Waals surface area contributed by atoms with E-state index in [1.165, 1.54) is 12.3 Å². The van der Waals surface area contributed by atoms with E-state index < -0.39 is 4.92 Å². The van der Waals surface area contributed by atoms with Crippen molar-refractivity contribution in [3.05, 3.63) is 43.3 Å². The Labute approximate surface area is 165 Å². The van der Waals surface area contributed by atoms with Gasteiger partial charge in [0.2, 0.25) is 0 Å². The third-order valence-corrected chi connectivity index (χ3v) is 5.51. The van der Waals surface area contributed by atoms with Crippen LogP contribution in [0, 0.1) is 23.0 Å². The number of aryl methyl sites for hydroxylation is 1. The van der Waals surface area contributed by atoms with Crippen molar-refractivity contribution in [2.24, 2.45) is 5.92 Å². The molecule has 2 aromatic heterocycles. The predicted octanol–water partition coefficient (Wildman–Crippen LogP) is 4.91. The number of nitrogens with zero attached hydrogens (tertiary/aromatic N) is 5. The quantitative estimate of drug-likeness (QED) is 0.486. The fourth-order valence-corrected chi connectivity index (χ4v) is 4.40. The number of nitro groups is 1. The molecule has 3 rings (SSSR count). The molecule has 1 unspecified atom stereocenters. The molecule has 1 aliphatic rings. The van der Waals surface area contributed by atoms with Gasteiger partial charge in [0.15, 0.2) is 0 Å². The van der Waals surface area contributed by atoms with Gasteiger partial charge in [-0.3, -0.25) is 14.8 Å². The average molecular weight is 443 g/mol. The Morgan fingerprint density at radius 3 is 2.85 bits per heavy atom. The molecule has 0 aromatic carbocycles. The summed E-state index contributed by atoms with van der Waals surface area (Å²) >= 11 is 10.1. The summed E-state index contributed by atoms with van der Waals surface area (Å²) in [7, 11) is 0. The molecule has 7 nitrogen and oxygen atoms in total. The summed E-state index contributed by atoms with van der Waals surface area (Å²) in [5.74, 6) is 1.15. The molecule has 0 aliphatic carbocycles. The lowest BCUT2D eigenvalue weighted by Gasteiger charge is -2.26. The summed E-state index contributed by atoms with van der Waals surface area (Å²) < 4.78 is 2.48. The van der Waals surface area contributed by atoms with E-state index >= 15 is 0 Å². The van der Waals surface area contributed by atoms with Crippen molar-refractivity contribution in [1.29, 1.82) is 0 Å². The predicted molar refractivity (Wildman–Crippen MR) is 105 cm³/mol. The van der Waals surface area contributed by atoms with Gasteiger partial charge in [0.05, 0.1) is 21.1 Å². The van der Waals surface area contributed by atoms with Crippen LogP contribution >= 0.6 is 27.5 Å². The van der Waals surface area contributed by atoms with Crippen LogP contribution in [0.5, 0.6) is 0 Å². The molecule has 0 spiro atoms. The highest BCUT2D eigenvalue weighted by Gasteiger charge is 2.33. The van der Waals surface area contributed by atoms with Crippen molar-refractivity contribution in [2.45, 2.75) is 46.2 Å². The first kappa shape index (κ1) is 19.1. The molecule has 2 aromatic rings. The molecule has 1 saturated heterocycles. The first-order chi connectivity index (χ1) is 12.3. The number of hydrogen-bond acceptors (Lipinski definition) is 5. The van der Waals surface area contributed by atoms with Crippen LogP contribution in [-0.2, 0) is 6.54 Å². The molecule has 0 saturated carbocycles. The highest BCUT2D eigenvalue weighted by atomic mass is 79.9. The van der Waals surface area contributed by atoms with Crippen LogP contribution in [0.15, 0.2) is 16.7 Å². The third kappa shape index (κ3) is 3.57. The highest BCUT2D eigenvalue weighted by Crippen LogP contribution is 2.42. The zero-order valence-electron chi connectivity index (χ0n) is 14.9. The molecular formula is C17H21BrClN5O2. The molecule has 1 aliphatic heterocycles. The second kappa shape index (κ2) is 7.52. The second-order valence-corrected chi connectivity index (χ2v) is 8.19. The van der Waals surface area contributed by atoms with Gasteiger partial charge in [0.1, 0.15) is 17.2 Å². The summed E-state index contributed by atoms with van der Waals surface area (Å²) in [4.78, 5) is 17.0. The van der Waals surface area contributed by atoms with Gasteiger partial charge in [0.25, 0.3) is 5.69 Å². The van der Waals surface area contributed by atoms with Crippen LogP contribution in [0.1, 0.15) is 44.0 Å². The summed E-state index contributed by atoms with van der Waals surface area (Å²) in [6, 6.07) is 1.56. The fourth-order valence-electron chi connectivity index (χ4n) is 3.46. The third-order valence-electron chi connectivity index (χ3n) is 4.52. The minimum Gasteiger partial charge on any atom is -0.348 e. The molecule has 3 heterocycles. The van der Waals surface area contributed by atoms with Crippen LogP contribution in [0.4, 0.5) is 11.5 Å². The maximum Gasteiger partial charge on any atom is 0.288 e. The zero-order valence-corrected chi connectivity index (χ0v) is 17.3. The Balaban J connectivity index is 1.97. The van der Waals surface area contributed by atoms with Crippen LogP contribution in [0.25, 0.3) is 0 Å². The van der Waals surface area contributed by atoms with Gasteiger partial charge in [-0.15, -0.1) is 0 Å². The summed E-state index contributed by atoms with van der Waals surface area (Å²) in [6.07, 6.45) is 3.24. The molecule has 0 bridgehead atoms. The summed E-state index contributed by atoms with van der Waals surface area (Å²) in [5, 5.41) is 16.2. The topological polar surface area (TPSA) is 77.1 Å². The first-order valence-corrected chi connectivity index (χ1v) is 9.76. The van der Waals surface area contributed by atoms with Crippen molar-refractivity contribution < 1.29 is 4.92 Å². The van der Waals surface area contributed by atoms with Gasteiger partial charge in [-0.2, -0.15) is 5.10 Å². The molecular weight excluding hydrogens is 422 g/mol. The summed E-state index contributed by atoms with van der Waals surface area (Å²) in [6.45, 7) is 7.83. The normalized spacial score (nSPS) is 17.3. The van der Waals surface area contributed by atoms with E-state index in [9.17, 15) is 10.1 Å². The van der Waals surface area contributed by atoms with Crippen molar-refractivity contribution in [3.8, 4) is 0 Å². The Hall–Kier alpha value is -1.67. The van der Waals surface area contributed by atoms with E-state index in [0.29, 0.717) is 21.4 Å². The van der Waals surface area contributed by atoms with E-state index in [1.807, 2.05) is 11.6 Å². The van der Waals surface area contributed by atoms with E-state index in [4.69, 9.17) is 11.6 Å². The van der Waals surface area contributed by atoms with Gasteiger partial charge in [0, 0.05) is 24.7 Å². The van der Waals surface area contributed by atoms with Crippen LogP contribution < -0.4 is 4.90 Å². The smallest absolute Gasteiger partial charge is 0.288 e. The van der Waals surface area contributed by atoms with Crippen molar-refractivity contribution in [2.75, 3.05) is 11.4 Å². The lowest BCUT2D eigenvalue weighted by molar-refractivity contribution is -0.385. The fraction of sp³-hybridized carbons (Fsp3) is 0.529. The number of anilines is 1. The second-order valence-electron chi connectivity index (χ2n) is 6.97. The first-order valence-electron chi connectivity index (χ1n) is 8.59. The van der Waals surface area contributed by atoms with E-state index in [0.717, 1.165) is 37.2 Å². The number of pyridine rings is 1. The molecule has 0 N–H and O–H groups in total. The lowest BCUT2D eigenvalue weighted by Crippen LogP contribution is -2.24. The molecule has 1 atom stereocenters. The summed E-state index contributed by atoms with van der Waals surface area (Å²) in [5.41, 5.74) is 1.91. The molecule has 9 heteroatoms. The number of hydrogen-bond donors (Lipinski definition) is 0. The van der Waals surface area contributed by atoms with E-state index in [-0.39, 0.29) is 11.7 Å². The van der Waals surface area contributed by atoms with Gasteiger partial charge in [-0.1, -0.05) is 25.4 Å². The monoisotopic (exact) mass is 441 g/mol. The largest absolute Gasteiger partial charge is 0.348 e. The van der Waals surface area contributed by atoms with Crippen LogP contribution in [0.3, 0.4) is 0 Å². The molecule has 26 heavy (non-hydrogen) atoms. The molecule has 140 valence electrons. The SMILES string of the molecule is Cc1nn(CC(C)C)c(Cl)c1C1CCCN1c1ncc([N+](=O)[O-])cc1Br. The zero-order chi connectivity index (χ0) is 19.0. The maximum atomic E-state index is 11.0. The minimum atomic E-state index is -0.444. The van der Waals surface area contributed by atoms with Gasteiger partial charge in [-0.05, 0) is 41.6 Å². The van der Waals surface area contributed by atoms with E-state index in [2.05, 4.69) is 44.8 Å². The Bertz CT molecular complexity index is 839. The number of aromatic nitrogens is 3. The highest BCUT2D eigenvalue weighted by molar-refractivity contribution is 9.10. The van der Waals surface area contributed by atoms with Gasteiger partial charge >= 0.3 is 0 Å². The maximum absolute atomic E-state index is 11.0. The molecule has 0 amide bonds. The standard InChI is InChI=1S/C17H21BrClN5O2/c1-10(2)9-23-16(19)15(11(3)21-23)14-5-4-6-22(14)17-13(18)7-12(8-20-17)24(25)26/h7-8,10,14H,4-6,9H2,1-3H3. The van der Waals surface area contributed by atoms with Crippen molar-refractivity contribution >= 4 is 39.0 Å². The Morgan fingerprint density at radius 1 is 1.50 bits per heavy atom. The molecule has 1 fully saturated rings. The van der Waals surface area contributed by atoms with Gasteiger partial charge < -0.3 is 4.90 Å². The van der Waals surface area contributed by atoms with Crippen LogP contribution in [-0.4, -0.2) is 26.2 Å². The minimum absolute atomic E-state index is 0.0321. The van der Waals surface area contributed by atoms with E-state index in [1.54, 1.807) is 0 Å². The van der Waals surface area contributed by atoms with Crippen LogP contribution in [0.2, 0.25) is 5.15 Å².